The summed E-state index contributed by atoms with van der Waals surface area (Å²) in [4.78, 5) is 11.2. The number of hydrogen-bond donors (Lipinski definition) is 0. The second-order valence-electron chi connectivity index (χ2n) is 4.32. The minimum atomic E-state index is -0.316. The van der Waals surface area contributed by atoms with Crippen molar-refractivity contribution in [1.29, 1.82) is 0 Å². The molecule has 0 unspecified atom stereocenters. The lowest BCUT2D eigenvalue weighted by Crippen LogP contribution is -1.99. The molecule has 0 bridgehead atoms. The van der Waals surface area contributed by atoms with E-state index < -0.39 is 0 Å². The molecular weight excluding hydrogens is 240 g/mol. The molecule has 0 aliphatic carbocycles. The molecule has 0 aromatic carbocycles. The van der Waals surface area contributed by atoms with Gasteiger partial charge in [0.15, 0.2) is 0 Å². The lowest BCUT2D eigenvalue weighted by Gasteiger charge is -2.02. The first kappa shape index (κ1) is 15.2. The Balaban J connectivity index is 2.91. The van der Waals surface area contributed by atoms with Crippen LogP contribution in [-0.2, 0) is 16.1 Å². The van der Waals surface area contributed by atoms with Gasteiger partial charge in [-0.25, -0.2) is 4.79 Å². The van der Waals surface area contributed by atoms with E-state index in [-0.39, 0.29) is 5.97 Å². The van der Waals surface area contributed by atoms with Gasteiger partial charge in [0.25, 0.3) is 0 Å². The second kappa shape index (κ2) is 6.92. The summed E-state index contributed by atoms with van der Waals surface area (Å²) in [5.74, 6) is -0.316. The van der Waals surface area contributed by atoms with Crippen molar-refractivity contribution in [2.24, 2.45) is 0 Å². The fraction of sp³-hybridized carbons (Fsp3) is 0.467. The highest BCUT2D eigenvalue weighted by Crippen LogP contribution is 2.22. The van der Waals surface area contributed by atoms with Crippen LogP contribution in [0.15, 0.2) is 18.2 Å². The van der Waals surface area contributed by atoms with Gasteiger partial charge in [-0.05, 0) is 40.2 Å². The average Bonchev–Trinajstić information content (AvgIpc) is 2.64. The van der Waals surface area contributed by atoms with Crippen molar-refractivity contribution in [2.45, 2.75) is 41.2 Å². The maximum atomic E-state index is 11.2. The minimum absolute atomic E-state index is 0.316. The number of rotatable bonds is 5. The number of allylic oxidation sites excluding steroid dienone is 3. The van der Waals surface area contributed by atoms with Crippen LogP contribution in [0.2, 0.25) is 0 Å². The quantitative estimate of drug-likeness (QED) is 0.465. The van der Waals surface area contributed by atoms with Crippen LogP contribution in [0.3, 0.4) is 0 Å². The van der Waals surface area contributed by atoms with E-state index in [2.05, 4.69) is 18.9 Å². The molecule has 1 aromatic rings. The molecule has 0 saturated heterocycles. The summed E-state index contributed by atoms with van der Waals surface area (Å²) in [6.45, 7) is 11.2. The van der Waals surface area contributed by atoms with Crippen molar-refractivity contribution in [3.8, 4) is 0 Å². The number of ether oxygens (including phenoxy) is 1. The van der Waals surface area contributed by atoms with Crippen LogP contribution >= 0.6 is 0 Å². The lowest BCUT2D eigenvalue weighted by molar-refractivity contribution is -0.137. The highest BCUT2D eigenvalue weighted by atomic mass is 16.5. The summed E-state index contributed by atoms with van der Waals surface area (Å²) in [7, 11) is 0. The largest absolute Gasteiger partial charge is 0.463 e. The molecule has 0 N–H and O–H groups in total. The summed E-state index contributed by atoms with van der Waals surface area (Å²) in [6.07, 6.45) is 5.06. The van der Waals surface area contributed by atoms with Gasteiger partial charge in [-0.15, -0.1) is 0 Å². The number of aromatic nitrogens is 2. The number of hydrogen-bond acceptors (Lipinski definition) is 3. The van der Waals surface area contributed by atoms with Crippen LogP contribution in [0.5, 0.6) is 0 Å². The summed E-state index contributed by atoms with van der Waals surface area (Å²) in [5, 5.41) is 4.48. The number of carbonyl (C=O) groups excluding carboxylic acids is 1. The molecule has 4 heteroatoms. The Bertz CT molecular complexity index is 510. The van der Waals surface area contributed by atoms with Crippen LogP contribution in [0.4, 0.5) is 0 Å². The van der Waals surface area contributed by atoms with Gasteiger partial charge in [0.1, 0.15) is 0 Å². The van der Waals surface area contributed by atoms with Gasteiger partial charge in [0.2, 0.25) is 0 Å². The average molecular weight is 262 g/mol. The van der Waals surface area contributed by atoms with Crippen LogP contribution in [0.1, 0.15) is 37.7 Å². The fourth-order valence-corrected chi connectivity index (χ4v) is 2.12. The summed E-state index contributed by atoms with van der Waals surface area (Å²) >= 11 is 0. The third-order valence-corrected chi connectivity index (χ3v) is 2.94. The van der Waals surface area contributed by atoms with Crippen molar-refractivity contribution in [1.82, 2.24) is 9.78 Å². The SMILES string of the molecule is CCOC(=O)C=CC=C(C)c1c(C)nn(CC)c1C. The van der Waals surface area contributed by atoms with E-state index in [0.717, 1.165) is 29.1 Å². The molecule has 4 nitrogen and oxygen atoms in total. The Labute approximate surface area is 114 Å². The third kappa shape index (κ3) is 3.81. The molecule has 104 valence electrons. The van der Waals surface area contributed by atoms with Gasteiger partial charge in [-0.3, -0.25) is 4.68 Å². The molecule has 1 heterocycles. The van der Waals surface area contributed by atoms with Crippen molar-refractivity contribution < 1.29 is 9.53 Å². The van der Waals surface area contributed by atoms with Gasteiger partial charge in [0.05, 0.1) is 12.3 Å². The Kier molecular flexibility index (Phi) is 5.55. The van der Waals surface area contributed by atoms with E-state index in [1.807, 2.05) is 24.6 Å². The van der Waals surface area contributed by atoms with E-state index in [1.165, 1.54) is 6.08 Å². The molecule has 1 aromatic heterocycles. The lowest BCUT2D eigenvalue weighted by atomic mass is 10.1. The zero-order chi connectivity index (χ0) is 14.4. The molecule has 0 atom stereocenters. The van der Waals surface area contributed by atoms with Crippen molar-refractivity contribution >= 4 is 11.5 Å². The maximum absolute atomic E-state index is 11.2. The number of nitrogens with zero attached hydrogens (tertiary/aromatic N) is 2. The molecule has 1 rings (SSSR count). The smallest absolute Gasteiger partial charge is 0.330 e. The van der Waals surface area contributed by atoms with Crippen molar-refractivity contribution in [3.63, 3.8) is 0 Å². The van der Waals surface area contributed by atoms with Gasteiger partial charge in [-0.2, -0.15) is 5.10 Å². The molecule has 0 radical (unpaired) electrons. The normalized spacial score (nSPS) is 12.2. The molecule has 0 amide bonds. The molecule has 0 aliphatic rings. The van der Waals surface area contributed by atoms with E-state index in [1.54, 1.807) is 13.0 Å². The standard InChI is InChI=1S/C15H22N2O2/c1-6-17-13(5)15(12(4)16-17)11(3)9-8-10-14(18)19-7-2/h8-10H,6-7H2,1-5H3. The topological polar surface area (TPSA) is 44.1 Å². The highest BCUT2D eigenvalue weighted by Gasteiger charge is 2.11. The minimum Gasteiger partial charge on any atom is -0.463 e. The highest BCUT2D eigenvalue weighted by molar-refractivity contribution is 5.83. The van der Waals surface area contributed by atoms with Crippen LogP contribution < -0.4 is 0 Å². The van der Waals surface area contributed by atoms with E-state index in [9.17, 15) is 4.79 Å². The van der Waals surface area contributed by atoms with E-state index >= 15 is 0 Å². The predicted octanol–water partition coefficient (Wildman–Crippen LogP) is 3.04. The zero-order valence-electron chi connectivity index (χ0n) is 12.4. The number of esters is 1. The monoisotopic (exact) mass is 262 g/mol. The summed E-state index contributed by atoms with van der Waals surface area (Å²) in [6, 6.07) is 0. The Hall–Kier alpha value is -1.84. The molecular formula is C15H22N2O2. The Morgan fingerprint density at radius 1 is 1.37 bits per heavy atom. The Morgan fingerprint density at radius 3 is 2.58 bits per heavy atom. The number of carbonyl (C=O) groups is 1. The molecule has 0 aliphatic heterocycles. The fourth-order valence-electron chi connectivity index (χ4n) is 2.12. The molecule has 0 fully saturated rings. The van der Waals surface area contributed by atoms with Crippen molar-refractivity contribution in [3.05, 3.63) is 35.2 Å². The predicted molar refractivity (Wildman–Crippen MR) is 76.8 cm³/mol. The van der Waals surface area contributed by atoms with E-state index in [0.29, 0.717) is 6.61 Å². The summed E-state index contributed by atoms with van der Waals surface area (Å²) in [5.41, 5.74) is 4.40. The van der Waals surface area contributed by atoms with Gasteiger partial charge < -0.3 is 4.74 Å². The van der Waals surface area contributed by atoms with Crippen LogP contribution in [0.25, 0.3) is 5.57 Å². The van der Waals surface area contributed by atoms with E-state index in [4.69, 9.17) is 4.74 Å². The number of aryl methyl sites for hydroxylation is 2. The molecule has 19 heavy (non-hydrogen) atoms. The second-order valence-corrected chi connectivity index (χ2v) is 4.32. The van der Waals surface area contributed by atoms with Gasteiger partial charge in [-0.1, -0.05) is 12.2 Å². The third-order valence-electron chi connectivity index (χ3n) is 2.94. The first-order valence-electron chi connectivity index (χ1n) is 6.57. The Morgan fingerprint density at radius 2 is 2.05 bits per heavy atom. The first-order valence-corrected chi connectivity index (χ1v) is 6.57. The van der Waals surface area contributed by atoms with Crippen LogP contribution in [-0.4, -0.2) is 22.4 Å². The first-order chi connectivity index (χ1) is 9.01. The van der Waals surface area contributed by atoms with Gasteiger partial charge >= 0.3 is 5.97 Å². The van der Waals surface area contributed by atoms with Crippen LogP contribution in [0, 0.1) is 13.8 Å². The summed E-state index contributed by atoms with van der Waals surface area (Å²) < 4.78 is 6.81. The maximum Gasteiger partial charge on any atom is 0.330 e. The zero-order valence-corrected chi connectivity index (χ0v) is 12.4. The van der Waals surface area contributed by atoms with Gasteiger partial charge in [0, 0.05) is 23.9 Å². The molecule has 0 spiro atoms. The molecule has 0 saturated carbocycles. The van der Waals surface area contributed by atoms with Crippen molar-refractivity contribution in [2.75, 3.05) is 6.61 Å².